The van der Waals surface area contributed by atoms with Gasteiger partial charge in [-0.05, 0) is 78.9 Å². The molecule has 6 aromatic carbocycles. The fourth-order valence-corrected chi connectivity index (χ4v) is 7.15. The largest absolute Gasteiger partial charge is 0.0843 e. The molecule has 0 nitrogen and oxygen atoms in total. The molecule has 2 aliphatic rings. The van der Waals surface area contributed by atoms with E-state index in [1.165, 1.54) is 66.8 Å². The fourth-order valence-electron chi connectivity index (χ4n) is 6.98. The van der Waals surface area contributed by atoms with Crippen molar-refractivity contribution in [1.29, 1.82) is 0 Å². The van der Waals surface area contributed by atoms with Gasteiger partial charge in [0.25, 0.3) is 0 Å². The first kappa shape index (κ1) is 21.7. The van der Waals surface area contributed by atoms with E-state index in [1.807, 2.05) is 6.07 Å². The third kappa shape index (κ3) is 2.76. The Morgan fingerprint density at radius 2 is 0.632 bits per heavy atom. The summed E-state index contributed by atoms with van der Waals surface area (Å²) in [6, 6.07) is 51.0. The van der Waals surface area contributed by atoms with E-state index in [2.05, 4.69) is 133 Å². The molecule has 8 rings (SSSR count). The molecule has 1 spiro atoms. The van der Waals surface area contributed by atoms with Crippen LogP contribution in [0.4, 0.5) is 0 Å². The Morgan fingerprint density at radius 3 is 1.08 bits per heavy atom. The van der Waals surface area contributed by atoms with Gasteiger partial charge < -0.3 is 0 Å². The summed E-state index contributed by atoms with van der Waals surface area (Å²) >= 11 is 6.64. The predicted molar refractivity (Wildman–Crippen MR) is 159 cm³/mol. The number of hydrogen-bond donors (Lipinski definition) is 0. The second-order valence-corrected chi connectivity index (χ2v) is 10.6. The van der Waals surface area contributed by atoms with Gasteiger partial charge >= 0.3 is 0 Å². The molecule has 0 fully saturated rings. The van der Waals surface area contributed by atoms with Crippen molar-refractivity contribution in [3.05, 3.63) is 167 Å². The van der Waals surface area contributed by atoms with Gasteiger partial charge in [-0.2, -0.15) is 0 Å². The lowest BCUT2D eigenvalue weighted by Gasteiger charge is -2.36. The van der Waals surface area contributed by atoms with Gasteiger partial charge in [0.05, 0.1) is 5.41 Å². The minimum Gasteiger partial charge on any atom is -0.0843 e. The van der Waals surface area contributed by atoms with Gasteiger partial charge in [-0.15, -0.1) is 0 Å². The lowest BCUT2D eigenvalue weighted by Crippen LogP contribution is -2.30. The van der Waals surface area contributed by atoms with Crippen LogP contribution in [0.2, 0.25) is 5.02 Å². The molecule has 0 saturated heterocycles. The summed E-state index contributed by atoms with van der Waals surface area (Å²) in [5, 5.41) is 0.760. The van der Waals surface area contributed by atoms with Crippen LogP contribution in [0.5, 0.6) is 0 Å². The summed E-state index contributed by atoms with van der Waals surface area (Å²) < 4.78 is 0. The molecular formula is C37H23Cl. The van der Waals surface area contributed by atoms with Crippen molar-refractivity contribution in [3.63, 3.8) is 0 Å². The molecule has 0 N–H and O–H groups in total. The Hall–Kier alpha value is -4.39. The average molecular weight is 503 g/mol. The molecule has 6 aromatic rings. The Kier molecular flexibility index (Phi) is 4.59. The minimum atomic E-state index is -0.506. The SMILES string of the molecule is Clc1ccc2c(c1)-c1ccccc1C21c2ccccc2-c2ccccc2-c2ccccc2-c2ccccc21. The van der Waals surface area contributed by atoms with Crippen molar-refractivity contribution in [2.75, 3.05) is 0 Å². The van der Waals surface area contributed by atoms with Crippen LogP contribution in [-0.2, 0) is 5.41 Å². The van der Waals surface area contributed by atoms with Crippen molar-refractivity contribution in [2.24, 2.45) is 0 Å². The van der Waals surface area contributed by atoms with Crippen molar-refractivity contribution < 1.29 is 0 Å². The van der Waals surface area contributed by atoms with Gasteiger partial charge in [-0.1, -0.05) is 139 Å². The third-order valence-electron chi connectivity index (χ3n) is 8.39. The molecule has 0 bridgehead atoms. The first-order valence-electron chi connectivity index (χ1n) is 13.1. The smallest absolute Gasteiger partial charge is 0.0725 e. The van der Waals surface area contributed by atoms with Crippen LogP contribution in [0.1, 0.15) is 22.3 Å². The summed E-state index contributed by atoms with van der Waals surface area (Å²) in [5.41, 5.74) is 14.6. The maximum absolute atomic E-state index is 6.64. The van der Waals surface area contributed by atoms with Crippen molar-refractivity contribution in [2.45, 2.75) is 5.41 Å². The lowest BCUT2D eigenvalue weighted by molar-refractivity contribution is 0.773. The zero-order valence-electron chi connectivity index (χ0n) is 20.7. The van der Waals surface area contributed by atoms with E-state index in [0.29, 0.717) is 0 Å². The summed E-state index contributed by atoms with van der Waals surface area (Å²) in [6.07, 6.45) is 0. The van der Waals surface area contributed by atoms with Crippen LogP contribution in [0.15, 0.2) is 140 Å². The molecule has 0 heterocycles. The van der Waals surface area contributed by atoms with Gasteiger partial charge in [0.15, 0.2) is 0 Å². The Balaban J connectivity index is 1.67. The van der Waals surface area contributed by atoms with Gasteiger partial charge in [0.2, 0.25) is 0 Å². The normalized spacial score (nSPS) is 13.6. The number of fused-ring (bicyclic) bond motifs is 14. The Labute approximate surface area is 227 Å². The molecule has 178 valence electrons. The first-order valence-corrected chi connectivity index (χ1v) is 13.4. The van der Waals surface area contributed by atoms with E-state index in [1.54, 1.807) is 0 Å². The third-order valence-corrected chi connectivity index (χ3v) is 8.63. The monoisotopic (exact) mass is 502 g/mol. The molecule has 2 aliphatic carbocycles. The van der Waals surface area contributed by atoms with Crippen LogP contribution in [0.25, 0.3) is 44.5 Å². The molecule has 38 heavy (non-hydrogen) atoms. The summed E-state index contributed by atoms with van der Waals surface area (Å²) in [5.74, 6) is 0. The molecular weight excluding hydrogens is 480 g/mol. The first-order chi connectivity index (χ1) is 18.8. The maximum atomic E-state index is 6.64. The number of benzene rings is 6. The highest BCUT2D eigenvalue weighted by molar-refractivity contribution is 6.31. The molecule has 0 saturated carbocycles. The molecule has 0 aromatic heterocycles. The topological polar surface area (TPSA) is 0 Å². The molecule has 0 radical (unpaired) electrons. The van der Waals surface area contributed by atoms with Gasteiger partial charge in [0.1, 0.15) is 0 Å². The van der Waals surface area contributed by atoms with Crippen molar-refractivity contribution in [3.8, 4) is 44.5 Å². The quantitative estimate of drug-likeness (QED) is 0.193. The molecule has 0 atom stereocenters. The highest BCUT2D eigenvalue weighted by atomic mass is 35.5. The zero-order chi connectivity index (χ0) is 25.3. The highest BCUT2D eigenvalue weighted by Gasteiger charge is 2.48. The molecule has 0 aliphatic heterocycles. The van der Waals surface area contributed by atoms with E-state index in [9.17, 15) is 0 Å². The molecule has 0 amide bonds. The van der Waals surface area contributed by atoms with Crippen LogP contribution in [0, 0.1) is 0 Å². The van der Waals surface area contributed by atoms with Crippen LogP contribution < -0.4 is 0 Å². The zero-order valence-corrected chi connectivity index (χ0v) is 21.4. The molecule has 1 heteroatoms. The van der Waals surface area contributed by atoms with Crippen LogP contribution in [-0.4, -0.2) is 0 Å². The number of halogens is 1. The molecule has 0 unspecified atom stereocenters. The lowest BCUT2D eigenvalue weighted by atomic mass is 9.64. The Morgan fingerprint density at radius 1 is 0.316 bits per heavy atom. The second kappa shape index (κ2) is 8.05. The second-order valence-electron chi connectivity index (χ2n) is 10.2. The van der Waals surface area contributed by atoms with E-state index in [0.717, 1.165) is 5.02 Å². The van der Waals surface area contributed by atoms with Crippen LogP contribution in [0.3, 0.4) is 0 Å². The van der Waals surface area contributed by atoms with E-state index >= 15 is 0 Å². The van der Waals surface area contributed by atoms with Crippen molar-refractivity contribution in [1.82, 2.24) is 0 Å². The van der Waals surface area contributed by atoms with Gasteiger partial charge in [-0.25, -0.2) is 0 Å². The van der Waals surface area contributed by atoms with Gasteiger partial charge in [-0.3, -0.25) is 0 Å². The van der Waals surface area contributed by atoms with Gasteiger partial charge in [0, 0.05) is 5.02 Å². The minimum absolute atomic E-state index is 0.506. The summed E-state index contributed by atoms with van der Waals surface area (Å²) in [6.45, 7) is 0. The average Bonchev–Trinajstić information content (AvgIpc) is 3.28. The van der Waals surface area contributed by atoms with E-state index < -0.39 is 5.41 Å². The Bertz CT molecular complexity index is 1800. The summed E-state index contributed by atoms with van der Waals surface area (Å²) in [4.78, 5) is 0. The summed E-state index contributed by atoms with van der Waals surface area (Å²) in [7, 11) is 0. The highest BCUT2D eigenvalue weighted by Crippen LogP contribution is 2.60. The standard InChI is InChI=1S/C37H23Cl/c38-24-21-22-36-32(23-24)31-17-7-10-20-35(31)37(36)33-18-8-5-15-29(33)27-13-3-1-11-25(27)26-12-2-4-14-28(26)30-16-6-9-19-34(30)37/h1-23H. The predicted octanol–water partition coefficient (Wildman–Crippen LogP) is 10.0. The number of hydrogen-bond acceptors (Lipinski definition) is 0. The van der Waals surface area contributed by atoms with Crippen molar-refractivity contribution >= 4 is 11.6 Å². The van der Waals surface area contributed by atoms with E-state index in [4.69, 9.17) is 11.6 Å². The maximum Gasteiger partial charge on any atom is 0.0725 e. The van der Waals surface area contributed by atoms with E-state index in [-0.39, 0.29) is 0 Å². The fraction of sp³-hybridized carbons (Fsp3) is 0.0270. The van der Waals surface area contributed by atoms with Crippen LogP contribution >= 0.6 is 11.6 Å². The number of rotatable bonds is 0.